The zero-order valence-corrected chi connectivity index (χ0v) is 15.6. The lowest BCUT2D eigenvalue weighted by Crippen LogP contribution is -2.50. The second-order valence-corrected chi connectivity index (χ2v) is 7.48. The van der Waals surface area contributed by atoms with E-state index in [2.05, 4.69) is 34.6 Å². The fourth-order valence-corrected chi connectivity index (χ4v) is 4.00. The van der Waals surface area contributed by atoms with Crippen molar-refractivity contribution in [3.05, 3.63) is 65.5 Å². The fraction of sp³-hybridized carbons (Fsp3) is 0.455. The van der Waals surface area contributed by atoms with Gasteiger partial charge in [0.15, 0.2) is 0 Å². The van der Waals surface area contributed by atoms with Crippen molar-refractivity contribution in [1.29, 1.82) is 0 Å². The molecule has 2 heterocycles. The lowest BCUT2D eigenvalue weighted by atomic mass is 9.88. The number of pyridine rings is 1. The number of aromatic nitrogens is 1. The minimum atomic E-state index is 0.0718. The van der Waals surface area contributed by atoms with Crippen molar-refractivity contribution in [3.8, 4) is 0 Å². The molecule has 1 aromatic heterocycles. The number of hydrogen-bond acceptors (Lipinski definition) is 3. The molecule has 4 rings (SSSR count). The minimum Gasteiger partial charge on any atom is -0.372 e. The van der Waals surface area contributed by atoms with Gasteiger partial charge in [-0.2, -0.15) is 0 Å². The predicted octanol–water partition coefficient (Wildman–Crippen LogP) is 3.33. The van der Waals surface area contributed by atoms with Gasteiger partial charge in [0, 0.05) is 25.3 Å². The number of rotatable bonds is 4. The van der Waals surface area contributed by atoms with Crippen molar-refractivity contribution in [1.82, 2.24) is 15.2 Å². The van der Waals surface area contributed by atoms with Crippen LogP contribution in [-0.4, -0.2) is 41.2 Å². The number of urea groups is 1. The molecule has 27 heavy (non-hydrogen) atoms. The highest BCUT2D eigenvalue weighted by atomic mass is 16.5. The summed E-state index contributed by atoms with van der Waals surface area (Å²) < 4.78 is 5.97. The summed E-state index contributed by atoms with van der Waals surface area (Å²) >= 11 is 0. The summed E-state index contributed by atoms with van der Waals surface area (Å²) in [5, 5.41) is 3.24. The Kier molecular flexibility index (Phi) is 5.68. The van der Waals surface area contributed by atoms with Crippen molar-refractivity contribution in [2.45, 2.75) is 50.9 Å². The topological polar surface area (TPSA) is 54.5 Å². The van der Waals surface area contributed by atoms with Gasteiger partial charge in [-0.05, 0) is 55.4 Å². The zero-order chi connectivity index (χ0) is 18.5. The lowest BCUT2D eigenvalue weighted by Gasteiger charge is -2.34. The average Bonchev–Trinajstić information content (AvgIpc) is 2.73. The Morgan fingerprint density at radius 3 is 2.63 bits per heavy atom. The molecule has 0 spiro atoms. The normalized spacial score (nSPS) is 20.1. The van der Waals surface area contributed by atoms with Gasteiger partial charge in [-0.3, -0.25) is 4.98 Å². The van der Waals surface area contributed by atoms with Gasteiger partial charge in [0.1, 0.15) is 0 Å². The Hall–Kier alpha value is -2.40. The van der Waals surface area contributed by atoms with E-state index in [0.29, 0.717) is 6.61 Å². The van der Waals surface area contributed by atoms with Crippen LogP contribution in [0, 0.1) is 0 Å². The highest BCUT2D eigenvalue weighted by Crippen LogP contribution is 2.22. The fourth-order valence-electron chi connectivity index (χ4n) is 4.00. The maximum absolute atomic E-state index is 12.6. The lowest BCUT2D eigenvalue weighted by molar-refractivity contribution is 0.00287. The van der Waals surface area contributed by atoms with Gasteiger partial charge in [0.25, 0.3) is 0 Å². The van der Waals surface area contributed by atoms with Crippen LogP contribution < -0.4 is 5.32 Å². The number of likely N-dealkylation sites (tertiary alicyclic amines) is 1. The van der Waals surface area contributed by atoms with E-state index in [1.165, 1.54) is 11.1 Å². The number of nitrogens with one attached hydrogen (secondary N) is 1. The summed E-state index contributed by atoms with van der Waals surface area (Å²) in [4.78, 5) is 18.8. The summed E-state index contributed by atoms with van der Waals surface area (Å²) in [6, 6.07) is 14.7. The Balaban J connectivity index is 1.21. The average molecular weight is 365 g/mol. The Labute approximate surface area is 160 Å². The quantitative estimate of drug-likeness (QED) is 0.904. The Morgan fingerprint density at radius 1 is 1.07 bits per heavy atom. The van der Waals surface area contributed by atoms with E-state index in [9.17, 15) is 4.79 Å². The van der Waals surface area contributed by atoms with Crippen molar-refractivity contribution in [3.63, 3.8) is 0 Å². The van der Waals surface area contributed by atoms with Crippen molar-refractivity contribution < 1.29 is 9.53 Å². The molecule has 5 heteroatoms. The van der Waals surface area contributed by atoms with E-state index in [0.717, 1.165) is 50.9 Å². The van der Waals surface area contributed by atoms with E-state index in [1.807, 2.05) is 23.1 Å². The van der Waals surface area contributed by atoms with Crippen molar-refractivity contribution in [2.75, 3.05) is 13.1 Å². The van der Waals surface area contributed by atoms with Crippen LogP contribution in [0.15, 0.2) is 48.7 Å². The molecule has 1 aliphatic heterocycles. The van der Waals surface area contributed by atoms with E-state index < -0.39 is 0 Å². The molecule has 1 N–H and O–H groups in total. The molecule has 1 unspecified atom stereocenters. The first-order chi connectivity index (χ1) is 13.3. The third-order valence-electron chi connectivity index (χ3n) is 5.60. The van der Waals surface area contributed by atoms with Crippen LogP contribution in [0.25, 0.3) is 0 Å². The summed E-state index contributed by atoms with van der Waals surface area (Å²) in [7, 11) is 0. The first-order valence-corrected chi connectivity index (χ1v) is 9.91. The Bertz CT molecular complexity index is 757. The number of nitrogens with zero attached hydrogens (tertiary/aromatic N) is 2. The summed E-state index contributed by atoms with van der Waals surface area (Å²) in [5.74, 6) is 0. The van der Waals surface area contributed by atoms with Gasteiger partial charge in [-0.1, -0.05) is 30.3 Å². The molecule has 1 atom stereocenters. The molecule has 1 saturated heterocycles. The number of ether oxygens (including phenoxy) is 1. The molecule has 1 aliphatic carbocycles. The van der Waals surface area contributed by atoms with Gasteiger partial charge < -0.3 is 15.0 Å². The number of amides is 2. The second-order valence-electron chi connectivity index (χ2n) is 7.48. The standard InChI is InChI=1S/C22H27N3O2/c26-22(24-19-9-8-17-5-1-2-6-18(17)15-19)25-13-10-21(11-14-25)27-16-20-7-3-4-12-23-20/h1-7,12,19,21H,8-11,13-16H2,(H,24,26). The molecule has 1 aromatic carbocycles. The van der Waals surface area contributed by atoms with Gasteiger partial charge in [0.2, 0.25) is 0 Å². The largest absolute Gasteiger partial charge is 0.372 e. The number of hydrogen-bond donors (Lipinski definition) is 1. The number of aryl methyl sites for hydroxylation is 1. The maximum atomic E-state index is 12.6. The highest BCUT2D eigenvalue weighted by molar-refractivity contribution is 5.74. The van der Waals surface area contributed by atoms with E-state index >= 15 is 0 Å². The smallest absolute Gasteiger partial charge is 0.317 e. The predicted molar refractivity (Wildman–Crippen MR) is 104 cm³/mol. The molecule has 1 fully saturated rings. The van der Waals surface area contributed by atoms with Gasteiger partial charge in [-0.25, -0.2) is 4.79 Å². The van der Waals surface area contributed by atoms with Gasteiger partial charge in [0.05, 0.1) is 18.4 Å². The van der Waals surface area contributed by atoms with Crippen LogP contribution in [0.3, 0.4) is 0 Å². The van der Waals surface area contributed by atoms with Crippen LogP contribution in [-0.2, 0) is 24.2 Å². The highest BCUT2D eigenvalue weighted by Gasteiger charge is 2.26. The summed E-state index contributed by atoms with van der Waals surface area (Å²) in [6.07, 6.45) is 6.76. The molecule has 142 valence electrons. The van der Waals surface area contributed by atoms with Crippen LogP contribution >= 0.6 is 0 Å². The third kappa shape index (κ3) is 4.66. The third-order valence-corrected chi connectivity index (χ3v) is 5.60. The van der Waals surface area contributed by atoms with E-state index in [-0.39, 0.29) is 18.2 Å². The van der Waals surface area contributed by atoms with Crippen LogP contribution in [0.2, 0.25) is 0 Å². The molecule has 2 aromatic rings. The summed E-state index contributed by atoms with van der Waals surface area (Å²) in [5.41, 5.74) is 3.75. The maximum Gasteiger partial charge on any atom is 0.317 e. The number of fused-ring (bicyclic) bond motifs is 1. The number of carbonyl (C=O) groups excluding carboxylic acids is 1. The number of piperidine rings is 1. The van der Waals surface area contributed by atoms with E-state index in [4.69, 9.17) is 4.74 Å². The first kappa shape index (κ1) is 18.0. The Morgan fingerprint density at radius 2 is 1.85 bits per heavy atom. The molecular weight excluding hydrogens is 338 g/mol. The van der Waals surface area contributed by atoms with Crippen molar-refractivity contribution >= 4 is 6.03 Å². The zero-order valence-electron chi connectivity index (χ0n) is 15.6. The van der Waals surface area contributed by atoms with Crippen LogP contribution in [0.5, 0.6) is 0 Å². The minimum absolute atomic E-state index is 0.0718. The molecule has 2 aliphatic rings. The summed E-state index contributed by atoms with van der Waals surface area (Å²) in [6.45, 7) is 2.04. The van der Waals surface area contributed by atoms with Crippen molar-refractivity contribution in [2.24, 2.45) is 0 Å². The molecule has 2 amide bonds. The SMILES string of the molecule is O=C(NC1CCc2ccccc2C1)N1CCC(OCc2ccccn2)CC1. The van der Waals surface area contributed by atoms with Crippen LogP contribution in [0.4, 0.5) is 4.79 Å². The molecular formula is C22H27N3O2. The first-order valence-electron chi connectivity index (χ1n) is 9.91. The van der Waals surface area contributed by atoms with Crippen LogP contribution in [0.1, 0.15) is 36.1 Å². The van der Waals surface area contributed by atoms with Gasteiger partial charge in [-0.15, -0.1) is 0 Å². The van der Waals surface area contributed by atoms with E-state index in [1.54, 1.807) is 6.20 Å². The number of carbonyl (C=O) groups is 1. The molecule has 5 nitrogen and oxygen atoms in total. The molecule has 0 saturated carbocycles. The monoisotopic (exact) mass is 365 g/mol. The second kappa shape index (κ2) is 8.53. The molecule has 0 radical (unpaired) electrons. The van der Waals surface area contributed by atoms with Gasteiger partial charge >= 0.3 is 6.03 Å². The molecule has 0 bridgehead atoms. The number of benzene rings is 1.